The minimum atomic E-state index is -0.464. The molecular weight excluding hydrogens is 413 g/mol. The molecule has 0 atom stereocenters. The van der Waals surface area contributed by atoms with Gasteiger partial charge in [0.05, 0.1) is 35.8 Å². The minimum absolute atomic E-state index is 0.124. The van der Waals surface area contributed by atoms with Gasteiger partial charge in [-0.3, -0.25) is 4.79 Å². The maximum atomic E-state index is 13.9. The molecule has 32 heavy (non-hydrogen) atoms. The lowest BCUT2D eigenvalue weighted by Gasteiger charge is -2.22. The number of rotatable bonds is 7. The second-order valence-electron chi connectivity index (χ2n) is 7.56. The average molecular weight is 437 g/mol. The second-order valence-corrected chi connectivity index (χ2v) is 7.56. The first-order valence-corrected chi connectivity index (χ1v) is 10.5. The lowest BCUT2D eigenvalue weighted by Crippen LogP contribution is -2.21. The van der Waals surface area contributed by atoms with Crippen molar-refractivity contribution in [2.24, 2.45) is 0 Å². The van der Waals surface area contributed by atoms with Crippen molar-refractivity contribution < 1.29 is 23.1 Å². The third-order valence-electron chi connectivity index (χ3n) is 5.40. The largest absolute Gasteiger partial charge is 0.465 e. The Morgan fingerprint density at radius 1 is 1.19 bits per heavy atom. The standard InChI is InChI=1S/C24H24FN3O4/c1-31-24(30)16-8-9-20(28-12-4-5-13-28)19(14-16)27-22(29)10-11-23-26-15-21(32-23)17-6-2-3-7-18(17)25/h2-3,6-9,14-15H,4-5,10-13H2,1H3,(H,27,29). The Labute approximate surface area is 185 Å². The van der Waals surface area contributed by atoms with Crippen LogP contribution >= 0.6 is 0 Å². The third-order valence-corrected chi connectivity index (χ3v) is 5.40. The molecule has 1 N–H and O–H groups in total. The highest BCUT2D eigenvalue weighted by atomic mass is 19.1. The fourth-order valence-corrected chi connectivity index (χ4v) is 3.76. The number of nitrogens with one attached hydrogen (secondary N) is 1. The lowest BCUT2D eigenvalue weighted by atomic mass is 10.1. The molecule has 1 fully saturated rings. The van der Waals surface area contributed by atoms with E-state index in [1.54, 1.807) is 30.3 Å². The Hall–Kier alpha value is -3.68. The number of esters is 1. The minimum Gasteiger partial charge on any atom is -0.465 e. The van der Waals surface area contributed by atoms with Gasteiger partial charge in [-0.25, -0.2) is 14.2 Å². The first-order valence-electron chi connectivity index (χ1n) is 10.5. The highest BCUT2D eigenvalue weighted by Crippen LogP contribution is 2.31. The van der Waals surface area contributed by atoms with Gasteiger partial charge in [0.1, 0.15) is 5.82 Å². The van der Waals surface area contributed by atoms with Crippen LogP contribution in [0.1, 0.15) is 35.5 Å². The summed E-state index contributed by atoms with van der Waals surface area (Å²) in [4.78, 5) is 30.9. The van der Waals surface area contributed by atoms with E-state index >= 15 is 0 Å². The predicted octanol–water partition coefficient (Wildman–Crippen LogP) is 4.44. The summed E-state index contributed by atoms with van der Waals surface area (Å²) >= 11 is 0. The van der Waals surface area contributed by atoms with Gasteiger partial charge in [0.25, 0.3) is 0 Å². The molecule has 2 aromatic carbocycles. The number of ether oxygens (including phenoxy) is 1. The first-order chi connectivity index (χ1) is 15.5. The maximum Gasteiger partial charge on any atom is 0.337 e. The van der Waals surface area contributed by atoms with Gasteiger partial charge >= 0.3 is 5.97 Å². The van der Waals surface area contributed by atoms with Crippen LogP contribution in [0.2, 0.25) is 0 Å². The Morgan fingerprint density at radius 2 is 1.97 bits per heavy atom. The number of aryl methyl sites for hydroxylation is 1. The number of nitrogens with zero attached hydrogens (tertiary/aromatic N) is 2. The van der Waals surface area contributed by atoms with Gasteiger partial charge < -0.3 is 19.4 Å². The van der Waals surface area contributed by atoms with Crippen LogP contribution in [0.25, 0.3) is 11.3 Å². The Morgan fingerprint density at radius 3 is 2.72 bits per heavy atom. The summed E-state index contributed by atoms with van der Waals surface area (Å²) in [6.07, 6.45) is 4.01. The molecule has 166 valence electrons. The van der Waals surface area contributed by atoms with Crippen LogP contribution in [0.4, 0.5) is 15.8 Å². The fraction of sp³-hybridized carbons (Fsp3) is 0.292. The normalized spacial score (nSPS) is 13.2. The van der Waals surface area contributed by atoms with Crippen molar-refractivity contribution in [3.63, 3.8) is 0 Å². The number of methoxy groups -OCH3 is 1. The van der Waals surface area contributed by atoms with Crippen LogP contribution in [-0.4, -0.2) is 37.1 Å². The van der Waals surface area contributed by atoms with Crippen molar-refractivity contribution in [2.75, 3.05) is 30.4 Å². The number of hydrogen-bond donors (Lipinski definition) is 1. The van der Waals surface area contributed by atoms with Gasteiger partial charge in [0, 0.05) is 25.9 Å². The molecule has 7 nitrogen and oxygen atoms in total. The molecular formula is C24H24FN3O4. The van der Waals surface area contributed by atoms with E-state index in [0.29, 0.717) is 28.5 Å². The van der Waals surface area contributed by atoms with Crippen LogP contribution in [0, 0.1) is 5.82 Å². The van der Waals surface area contributed by atoms with Gasteiger partial charge in [-0.05, 0) is 43.2 Å². The summed E-state index contributed by atoms with van der Waals surface area (Å²) in [7, 11) is 1.32. The summed E-state index contributed by atoms with van der Waals surface area (Å²) in [5.74, 6) is -0.429. The van der Waals surface area contributed by atoms with Crippen molar-refractivity contribution in [3.05, 3.63) is 65.9 Å². The fourth-order valence-electron chi connectivity index (χ4n) is 3.76. The molecule has 1 amide bonds. The molecule has 3 aromatic rings. The van der Waals surface area contributed by atoms with Crippen LogP contribution < -0.4 is 10.2 Å². The number of carbonyl (C=O) groups excluding carboxylic acids is 2. The second kappa shape index (κ2) is 9.64. The van der Waals surface area contributed by atoms with Crippen LogP contribution in [0.5, 0.6) is 0 Å². The molecule has 8 heteroatoms. The van der Waals surface area contributed by atoms with Gasteiger partial charge in [-0.2, -0.15) is 0 Å². The molecule has 0 spiro atoms. The topological polar surface area (TPSA) is 84.7 Å². The zero-order chi connectivity index (χ0) is 22.5. The smallest absolute Gasteiger partial charge is 0.337 e. The van der Waals surface area contributed by atoms with Crippen LogP contribution in [0.3, 0.4) is 0 Å². The molecule has 1 saturated heterocycles. The Bertz CT molecular complexity index is 1120. The molecule has 0 radical (unpaired) electrons. The average Bonchev–Trinajstić information content (AvgIpc) is 3.50. The van der Waals surface area contributed by atoms with Crippen molar-refractivity contribution in [1.82, 2.24) is 4.98 Å². The first kappa shape index (κ1) is 21.5. The molecule has 1 aromatic heterocycles. The van der Waals surface area contributed by atoms with Gasteiger partial charge in [-0.1, -0.05) is 12.1 Å². The van der Waals surface area contributed by atoms with Crippen molar-refractivity contribution >= 4 is 23.3 Å². The number of hydrogen-bond acceptors (Lipinski definition) is 6. The summed E-state index contributed by atoms with van der Waals surface area (Å²) in [5, 5.41) is 2.91. The number of anilines is 2. The predicted molar refractivity (Wildman–Crippen MR) is 118 cm³/mol. The Balaban J connectivity index is 1.44. The molecule has 0 unspecified atom stereocenters. The van der Waals surface area contributed by atoms with Gasteiger partial charge in [0.15, 0.2) is 11.7 Å². The molecule has 4 rings (SSSR count). The van der Waals surface area contributed by atoms with E-state index in [1.165, 1.54) is 19.4 Å². The number of aromatic nitrogens is 1. The molecule has 1 aliphatic heterocycles. The quantitative estimate of drug-likeness (QED) is 0.550. The molecule has 0 bridgehead atoms. The number of carbonyl (C=O) groups is 2. The lowest BCUT2D eigenvalue weighted by molar-refractivity contribution is -0.116. The number of amides is 1. The molecule has 0 saturated carbocycles. The monoisotopic (exact) mass is 437 g/mol. The molecule has 2 heterocycles. The van der Waals surface area contributed by atoms with Crippen molar-refractivity contribution in [2.45, 2.75) is 25.7 Å². The summed E-state index contributed by atoms with van der Waals surface area (Å²) < 4.78 is 24.4. The van der Waals surface area contributed by atoms with E-state index in [2.05, 4.69) is 15.2 Å². The van der Waals surface area contributed by atoms with E-state index in [4.69, 9.17) is 9.15 Å². The van der Waals surface area contributed by atoms with E-state index in [0.717, 1.165) is 31.6 Å². The van der Waals surface area contributed by atoms with Crippen LogP contribution in [0.15, 0.2) is 53.1 Å². The van der Waals surface area contributed by atoms with E-state index in [9.17, 15) is 14.0 Å². The highest BCUT2D eigenvalue weighted by Gasteiger charge is 2.19. The zero-order valence-electron chi connectivity index (χ0n) is 17.8. The van der Waals surface area contributed by atoms with Gasteiger partial charge in [0.2, 0.25) is 5.91 Å². The molecule has 1 aliphatic rings. The van der Waals surface area contributed by atoms with E-state index in [-0.39, 0.29) is 18.7 Å². The maximum absolute atomic E-state index is 13.9. The summed E-state index contributed by atoms with van der Waals surface area (Å²) in [6, 6.07) is 11.5. The zero-order valence-corrected chi connectivity index (χ0v) is 17.8. The van der Waals surface area contributed by atoms with E-state index in [1.807, 2.05) is 6.07 Å². The van der Waals surface area contributed by atoms with Crippen molar-refractivity contribution in [1.29, 1.82) is 0 Å². The third kappa shape index (κ3) is 4.80. The van der Waals surface area contributed by atoms with Gasteiger partial charge in [-0.15, -0.1) is 0 Å². The SMILES string of the molecule is COC(=O)c1ccc(N2CCCC2)c(NC(=O)CCc2ncc(-c3ccccc3F)o2)c1. The summed E-state index contributed by atoms with van der Waals surface area (Å²) in [5.41, 5.74) is 2.14. The highest BCUT2D eigenvalue weighted by molar-refractivity contribution is 5.98. The number of oxazole rings is 1. The Kier molecular flexibility index (Phi) is 6.49. The number of benzene rings is 2. The van der Waals surface area contributed by atoms with Crippen molar-refractivity contribution in [3.8, 4) is 11.3 Å². The molecule has 0 aliphatic carbocycles. The van der Waals surface area contributed by atoms with Crippen LogP contribution in [-0.2, 0) is 16.0 Å². The van der Waals surface area contributed by atoms with E-state index < -0.39 is 11.8 Å². The summed E-state index contributed by atoms with van der Waals surface area (Å²) in [6.45, 7) is 1.80. The number of halogens is 1.